The maximum Gasteiger partial charge on any atom is 0.319 e. The smallest absolute Gasteiger partial charge is 0.319 e. The Morgan fingerprint density at radius 1 is 1.15 bits per heavy atom. The topological polar surface area (TPSA) is 118 Å². The van der Waals surface area contributed by atoms with Crippen LogP contribution in [0.3, 0.4) is 0 Å². The van der Waals surface area contributed by atoms with Gasteiger partial charge in [-0.05, 0) is 35.9 Å². The van der Waals surface area contributed by atoms with E-state index in [1.165, 1.54) is 0 Å². The van der Waals surface area contributed by atoms with Gasteiger partial charge in [0.25, 0.3) is 0 Å². The Labute approximate surface area is 202 Å². The first-order valence-corrected chi connectivity index (χ1v) is 11.5. The van der Waals surface area contributed by atoms with Gasteiger partial charge in [-0.3, -0.25) is 4.79 Å². The zero-order valence-corrected chi connectivity index (χ0v) is 19.5. The van der Waals surface area contributed by atoms with E-state index in [2.05, 4.69) is 16.0 Å². The number of anilines is 1. The number of fused-ring (bicyclic) bond motifs is 1. The largest absolute Gasteiger partial charge is 0.497 e. The zero-order valence-electron chi connectivity index (χ0n) is 18.7. The molecule has 2 heterocycles. The molecule has 0 aliphatic carbocycles. The Morgan fingerprint density at radius 3 is 2.65 bits per heavy atom. The Hall–Kier alpha value is -2.85. The van der Waals surface area contributed by atoms with Crippen molar-refractivity contribution < 1.29 is 28.9 Å². The normalized spacial score (nSPS) is 25.4. The minimum Gasteiger partial charge on any atom is -0.497 e. The van der Waals surface area contributed by atoms with Gasteiger partial charge in [0.2, 0.25) is 5.91 Å². The molecular weight excluding hydrogens is 462 g/mol. The van der Waals surface area contributed by atoms with Gasteiger partial charge in [0.05, 0.1) is 25.7 Å². The highest BCUT2D eigenvalue weighted by molar-refractivity contribution is 6.30. The van der Waals surface area contributed by atoms with E-state index in [1.54, 1.807) is 31.4 Å². The first-order valence-electron chi connectivity index (χ1n) is 11.1. The van der Waals surface area contributed by atoms with Gasteiger partial charge in [-0.25, -0.2) is 4.79 Å². The Kier molecular flexibility index (Phi) is 7.89. The van der Waals surface area contributed by atoms with Crippen LogP contribution in [-0.4, -0.2) is 61.2 Å². The van der Waals surface area contributed by atoms with E-state index < -0.39 is 24.3 Å². The average molecular weight is 490 g/mol. The summed E-state index contributed by atoms with van der Waals surface area (Å²) in [5.74, 6) is 0.626. The molecule has 2 saturated heterocycles. The second-order valence-corrected chi connectivity index (χ2v) is 8.77. The minimum absolute atomic E-state index is 0.122. The number of urea groups is 1. The van der Waals surface area contributed by atoms with Crippen molar-refractivity contribution >= 4 is 29.2 Å². The average Bonchev–Trinajstić information content (AvgIpc) is 3.34. The Morgan fingerprint density at radius 2 is 1.94 bits per heavy atom. The first-order chi connectivity index (χ1) is 16.4. The van der Waals surface area contributed by atoms with Gasteiger partial charge >= 0.3 is 6.03 Å². The van der Waals surface area contributed by atoms with Crippen LogP contribution < -0.4 is 20.7 Å². The molecule has 3 amide bonds. The summed E-state index contributed by atoms with van der Waals surface area (Å²) < 4.78 is 16.9. The molecule has 2 aromatic carbocycles. The molecule has 4 rings (SSSR count). The number of rotatable bonds is 8. The van der Waals surface area contributed by atoms with Crippen molar-refractivity contribution in [2.24, 2.45) is 0 Å². The molecule has 9 nitrogen and oxygen atoms in total. The molecule has 4 N–H and O–H groups in total. The lowest BCUT2D eigenvalue weighted by molar-refractivity contribution is -0.124. The third kappa shape index (κ3) is 6.18. The number of carbonyl (C=O) groups excluding carboxylic acids is 2. The Bertz CT molecular complexity index is 1000. The molecule has 2 fully saturated rings. The minimum atomic E-state index is -0.899. The van der Waals surface area contributed by atoms with E-state index in [0.29, 0.717) is 23.7 Å². The molecule has 0 spiro atoms. The molecule has 182 valence electrons. The van der Waals surface area contributed by atoms with E-state index in [1.807, 2.05) is 24.3 Å². The standard InChI is InChI=1S/C24H28ClN3O6/c1-32-17-7-5-14(6-8-17)12-26-21(29)11-18-10-19-23(33-18)22(30)20(34-19)13-27-24(31)28-16-4-2-3-15(25)9-16/h2-9,18-20,22-23,30H,10-13H2,1H3,(H,26,29)(H2,27,28,31). The molecule has 5 unspecified atom stereocenters. The van der Waals surface area contributed by atoms with Gasteiger partial charge in [0.1, 0.15) is 24.1 Å². The number of nitrogens with one attached hydrogen (secondary N) is 3. The van der Waals surface area contributed by atoms with Crippen LogP contribution in [0.25, 0.3) is 0 Å². The number of ether oxygens (including phenoxy) is 3. The quantitative estimate of drug-likeness (QED) is 0.452. The van der Waals surface area contributed by atoms with E-state index in [9.17, 15) is 14.7 Å². The first kappa shape index (κ1) is 24.3. The molecule has 2 aromatic rings. The van der Waals surface area contributed by atoms with Crippen molar-refractivity contribution in [1.29, 1.82) is 0 Å². The lowest BCUT2D eigenvalue weighted by atomic mass is 10.1. The number of hydrogen-bond acceptors (Lipinski definition) is 6. The zero-order chi connectivity index (χ0) is 24.1. The second kappa shape index (κ2) is 11.1. The summed E-state index contributed by atoms with van der Waals surface area (Å²) in [6, 6.07) is 13.8. The fourth-order valence-electron chi connectivity index (χ4n) is 4.17. The summed E-state index contributed by atoms with van der Waals surface area (Å²) in [6.45, 7) is 0.531. The number of methoxy groups -OCH3 is 1. The van der Waals surface area contributed by atoms with Gasteiger partial charge < -0.3 is 35.3 Å². The monoisotopic (exact) mass is 489 g/mol. The predicted molar refractivity (Wildman–Crippen MR) is 126 cm³/mol. The van der Waals surface area contributed by atoms with Crippen molar-refractivity contribution in [1.82, 2.24) is 10.6 Å². The van der Waals surface area contributed by atoms with Crippen LogP contribution in [0.15, 0.2) is 48.5 Å². The molecule has 2 aliphatic rings. The number of aliphatic hydroxyl groups excluding tert-OH is 1. The number of benzene rings is 2. The van der Waals surface area contributed by atoms with Crippen molar-refractivity contribution in [2.45, 2.75) is 49.9 Å². The highest BCUT2D eigenvalue weighted by atomic mass is 35.5. The number of carbonyl (C=O) groups is 2. The van der Waals surface area contributed by atoms with Crippen LogP contribution in [0, 0.1) is 0 Å². The SMILES string of the molecule is COc1ccc(CNC(=O)CC2CC3OC(CNC(=O)Nc4cccc(Cl)c4)C(O)C3O2)cc1. The third-order valence-corrected chi connectivity index (χ3v) is 6.12. The van der Waals surface area contributed by atoms with E-state index in [0.717, 1.165) is 11.3 Å². The summed E-state index contributed by atoms with van der Waals surface area (Å²) in [6.07, 6.45) is -1.98. The van der Waals surface area contributed by atoms with Crippen LogP contribution >= 0.6 is 11.6 Å². The molecular formula is C24H28ClN3O6. The van der Waals surface area contributed by atoms with E-state index in [4.69, 9.17) is 25.8 Å². The summed E-state index contributed by atoms with van der Waals surface area (Å²) in [5, 5.41) is 19.4. The summed E-state index contributed by atoms with van der Waals surface area (Å²) in [5.41, 5.74) is 1.53. The van der Waals surface area contributed by atoms with Gasteiger partial charge in [-0.1, -0.05) is 29.8 Å². The second-order valence-electron chi connectivity index (χ2n) is 8.34. The molecule has 0 bridgehead atoms. The molecule has 34 heavy (non-hydrogen) atoms. The summed E-state index contributed by atoms with van der Waals surface area (Å²) in [7, 11) is 1.60. The lowest BCUT2D eigenvalue weighted by Gasteiger charge is -2.20. The van der Waals surface area contributed by atoms with E-state index >= 15 is 0 Å². The lowest BCUT2D eigenvalue weighted by Crippen LogP contribution is -2.42. The van der Waals surface area contributed by atoms with Crippen LogP contribution in [0.5, 0.6) is 5.75 Å². The van der Waals surface area contributed by atoms with Crippen molar-refractivity contribution in [2.75, 3.05) is 19.0 Å². The maximum absolute atomic E-state index is 12.3. The number of amides is 3. The molecule has 2 aliphatic heterocycles. The van der Waals surface area contributed by atoms with E-state index in [-0.39, 0.29) is 31.1 Å². The van der Waals surface area contributed by atoms with Gasteiger partial charge in [0, 0.05) is 30.2 Å². The van der Waals surface area contributed by atoms with Gasteiger partial charge in [-0.15, -0.1) is 0 Å². The van der Waals surface area contributed by atoms with Crippen LogP contribution in [-0.2, 0) is 20.8 Å². The van der Waals surface area contributed by atoms with Crippen molar-refractivity contribution in [3.63, 3.8) is 0 Å². The van der Waals surface area contributed by atoms with Gasteiger partial charge in [-0.2, -0.15) is 0 Å². The summed E-state index contributed by atoms with van der Waals surface area (Å²) >= 11 is 5.91. The Balaban J connectivity index is 1.17. The molecule has 0 saturated carbocycles. The fraction of sp³-hybridized carbons (Fsp3) is 0.417. The fourth-order valence-corrected chi connectivity index (χ4v) is 4.36. The summed E-state index contributed by atoms with van der Waals surface area (Å²) in [4.78, 5) is 24.4. The third-order valence-electron chi connectivity index (χ3n) is 5.89. The molecule has 0 aromatic heterocycles. The van der Waals surface area contributed by atoms with Gasteiger partial charge in [0.15, 0.2) is 0 Å². The predicted octanol–water partition coefficient (Wildman–Crippen LogP) is 2.46. The highest BCUT2D eigenvalue weighted by Crippen LogP contribution is 2.35. The molecule has 5 atom stereocenters. The molecule has 0 radical (unpaired) electrons. The number of aliphatic hydroxyl groups is 1. The van der Waals surface area contributed by atoms with Crippen LogP contribution in [0.2, 0.25) is 5.02 Å². The van der Waals surface area contributed by atoms with Crippen LogP contribution in [0.1, 0.15) is 18.4 Å². The highest BCUT2D eigenvalue weighted by Gasteiger charge is 2.50. The van der Waals surface area contributed by atoms with Crippen molar-refractivity contribution in [3.05, 3.63) is 59.1 Å². The molecule has 10 heteroatoms. The number of halogens is 1. The van der Waals surface area contributed by atoms with Crippen LogP contribution in [0.4, 0.5) is 10.5 Å². The maximum atomic E-state index is 12.3. The van der Waals surface area contributed by atoms with Crippen molar-refractivity contribution in [3.8, 4) is 5.75 Å². The number of hydrogen-bond donors (Lipinski definition) is 4.